The second-order valence-corrected chi connectivity index (χ2v) is 13.5. The lowest BCUT2D eigenvalue weighted by Gasteiger charge is -2.28. The molecule has 4 aromatic rings. The fraction of sp³-hybridized carbons (Fsp3) is 0.375. The molecule has 0 spiro atoms. The first kappa shape index (κ1) is 29.6. The van der Waals surface area contributed by atoms with Crippen LogP contribution in [0.5, 0.6) is 11.6 Å². The molecule has 6 rings (SSSR count). The van der Waals surface area contributed by atoms with Crippen molar-refractivity contribution in [1.29, 1.82) is 0 Å². The molecule has 1 amide bonds. The lowest BCUT2D eigenvalue weighted by atomic mass is 9.91. The molecule has 0 atom stereocenters. The summed E-state index contributed by atoms with van der Waals surface area (Å²) in [6.07, 6.45) is 8.69. The Labute approximate surface area is 256 Å². The number of amides is 1. The Morgan fingerprint density at radius 2 is 1.64 bits per heavy atom. The van der Waals surface area contributed by atoms with E-state index >= 15 is 0 Å². The number of nitrogens with zero attached hydrogens (tertiary/aromatic N) is 3. The van der Waals surface area contributed by atoms with Crippen LogP contribution in [-0.4, -0.2) is 51.9 Å². The summed E-state index contributed by atoms with van der Waals surface area (Å²) in [5, 5.41) is 16.1. The van der Waals surface area contributed by atoms with E-state index in [2.05, 4.69) is 25.3 Å². The van der Waals surface area contributed by atoms with E-state index in [0.717, 1.165) is 54.9 Å². The van der Waals surface area contributed by atoms with Crippen LogP contribution in [0.1, 0.15) is 56.9 Å². The first-order valence-corrected chi connectivity index (χ1v) is 16.6. The molecule has 2 fully saturated rings. The summed E-state index contributed by atoms with van der Waals surface area (Å²) in [4.78, 5) is 24.7. The first-order chi connectivity index (χ1) is 21.3. The fourth-order valence-electron chi connectivity index (χ4n) is 6.22. The van der Waals surface area contributed by atoms with Crippen molar-refractivity contribution in [3.8, 4) is 22.9 Å². The number of hydrogen-bond donors (Lipinski definition) is 4. The van der Waals surface area contributed by atoms with E-state index in [1.807, 2.05) is 49.4 Å². The maximum atomic E-state index is 13.1. The number of hydrogen-bond acceptors (Lipinski definition) is 8. The Kier molecular flexibility index (Phi) is 8.51. The average molecular weight is 617 g/mol. The van der Waals surface area contributed by atoms with Crippen molar-refractivity contribution in [2.75, 3.05) is 10.0 Å². The van der Waals surface area contributed by atoms with Crippen molar-refractivity contribution in [3.05, 3.63) is 66.5 Å². The van der Waals surface area contributed by atoms with Crippen LogP contribution in [0.3, 0.4) is 0 Å². The number of rotatable bonds is 9. The monoisotopic (exact) mass is 616 g/mol. The summed E-state index contributed by atoms with van der Waals surface area (Å²) in [7, 11) is -3.51. The summed E-state index contributed by atoms with van der Waals surface area (Å²) in [5.41, 5.74) is 2.62. The summed E-state index contributed by atoms with van der Waals surface area (Å²) in [5.74, 6) is 1.43. The predicted octanol–water partition coefficient (Wildman–Crippen LogP) is 6.47. The third kappa shape index (κ3) is 6.54. The molecule has 2 aromatic carbocycles. The Morgan fingerprint density at radius 3 is 2.39 bits per heavy atom. The smallest absolute Gasteiger partial charge is 0.404 e. The number of fused-ring (bicyclic) bond motifs is 1. The van der Waals surface area contributed by atoms with E-state index in [0.29, 0.717) is 47.4 Å². The van der Waals surface area contributed by atoms with E-state index in [1.54, 1.807) is 18.5 Å². The summed E-state index contributed by atoms with van der Waals surface area (Å²) >= 11 is 0. The Bertz CT molecular complexity index is 1770. The van der Waals surface area contributed by atoms with Gasteiger partial charge >= 0.3 is 6.09 Å². The van der Waals surface area contributed by atoms with Crippen molar-refractivity contribution < 1.29 is 23.1 Å². The molecule has 2 aliphatic rings. The van der Waals surface area contributed by atoms with Gasteiger partial charge in [-0.05, 0) is 75.3 Å². The van der Waals surface area contributed by atoms with Gasteiger partial charge in [-0.2, -0.15) is 0 Å². The van der Waals surface area contributed by atoms with Gasteiger partial charge in [0.2, 0.25) is 21.9 Å². The number of pyridine rings is 1. The number of aryl methyl sites for hydroxylation is 1. The van der Waals surface area contributed by atoms with Crippen molar-refractivity contribution in [1.82, 2.24) is 20.3 Å². The second-order valence-electron chi connectivity index (χ2n) is 11.5. The minimum Gasteiger partial charge on any atom is -0.465 e. The normalized spacial score (nSPS) is 19.0. The molecular weight excluding hydrogens is 580 g/mol. The fourth-order valence-corrected chi connectivity index (χ4v) is 7.82. The number of benzene rings is 2. The number of nitrogens with one attached hydrogen (secondary N) is 3. The lowest BCUT2D eigenvalue weighted by Crippen LogP contribution is -2.39. The van der Waals surface area contributed by atoms with E-state index in [9.17, 15) is 13.2 Å². The molecular formula is C32H36N6O5S. The van der Waals surface area contributed by atoms with Gasteiger partial charge in [0, 0.05) is 35.2 Å². The maximum absolute atomic E-state index is 13.1. The maximum Gasteiger partial charge on any atom is 0.404 e. The average Bonchev–Trinajstić information content (AvgIpc) is 3.57. The van der Waals surface area contributed by atoms with Crippen LogP contribution in [0, 0.1) is 6.92 Å². The van der Waals surface area contributed by atoms with Crippen LogP contribution in [0.15, 0.2) is 60.9 Å². The van der Waals surface area contributed by atoms with Crippen molar-refractivity contribution >= 4 is 38.5 Å². The highest BCUT2D eigenvalue weighted by atomic mass is 32.2. The minimum atomic E-state index is -3.51. The molecule has 11 nitrogen and oxygen atoms in total. The summed E-state index contributed by atoms with van der Waals surface area (Å²) < 4.78 is 35.7. The first-order valence-electron chi connectivity index (χ1n) is 15.0. The molecule has 4 N–H and O–H groups in total. The number of sulfonamides is 1. The molecule has 0 saturated heterocycles. The zero-order valence-corrected chi connectivity index (χ0v) is 25.3. The molecule has 2 aliphatic carbocycles. The Morgan fingerprint density at radius 1 is 0.909 bits per heavy atom. The number of anilines is 2. The standard InChI is InChI=1S/C32H36N6O5S/c1-20-19-28(38-44(41,42)23-7-2-3-8-23)24-9-4-5-10-25(24)29(20)43-30-26(11-6-17-33-30)27-16-18-34-31(37-27)35-21-12-14-22(15-13-21)36-32(39)40/h4-6,9-11,16-19,21-23,36,38H,2-3,7-8,12-15H2,1H3,(H,39,40)(H,34,35,37). The van der Waals surface area contributed by atoms with Gasteiger partial charge in [-0.1, -0.05) is 37.1 Å². The lowest BCUT2D eigenvalue weighted by molar-refractivity contribution is 0.185. The Balaban J connectivity index is 1.25. The van der Waals surface area contributed by atoms with E-state index < -0.39 is 16.1 Å². The van der Waals surface area contributed by atoms with Gasteiger partial charge in [-0.25, -0.2) is 28.2 Å². The summed E-state index contributed by atoms with van der Waals surface area (Å²) in [6, 6.07) is 15.0. The van der Waals surface area contributed by atoms with Crippen molar-refractivity contribution in [2.45, 2.75) is 75.6 Å². The van der Waals surface area contributed by atoms with Gasteiger partial charge in [-0.3, -0.25) is 4.72 Å². The molecule has 2 heterocycles. The Hall–Kier alpha value is -4.45. The zero-order chi connectivity index (χ0) is 30.7. The van der Waals surface area contributed by atoms with Gasteiger partial charge in [0.1, 0.15) is 5.75 Å². The van der Waals surface area contributed by atoms with E-state index in [4.69, 9.17) is 14.8 Å². The van der Waals surface area contributed by atoms with E-state index in [1.165, 1.54) is 0 Å². The van der Waals surface area contributed by atoms with Crippen molar-refractivity contribution in [2.24, 2.45) is 0 Å². The molecule has 0 radical (unpaired) electrons. The van der Waals surface area contributed by atoms with Crippen LogP contribution in [0.4, 0.5) is 16.4 Å². The van der Waals surface area contributed by atoms with E-state index in [-0.39, 0.29) is 17.3 Å². The molecule has 0 bridgehead atoms. The number of aromatic nitrogens is 3. The van der Waals surface area contributed by atoms with Gasteiger partial charge in [0.25, 0.3) is 0 Å². The minimum absolute atomic E-state index is 0.0333. The highest BCUT2D eigenvalue weighted by Crippen LogP contribution is 2.40. The van der Waals surface area contributed by atoms with Gasteiger partial charge in [-0.15, -0.1) is 0 Å². The largest absolute Gasteiger partial charge is 0.465 e. The molecule has 12 heteroatoms. The van der Waals surface area contributed by atoms with Gasteiger partial charge < -0.3 is 20.5 Å². The van der Waals surface area contributed by atoms with Crippen molar-refractivity contribution in [3.63, 3.8) is 0 Å². The zero-order valence-electron chi connectivity index (χ0n) is 24.5. The molecule has 230 valence electrons. The highest BCUT2D eigenvalue weighted by Gasteiger charge is 2.29. The van der Waals surface area contributed by atoms with Crippen LogP contribution in [0.25, 0.3) is 22.0 Å². The summed E-state index contributed by atoms with van der Waals surface area (Å²) in [6.45, 7) is 1.89. The van der Waals surface area contributed by atoms with Crippen LogP contribution in [-0.2, 0) is 10.0 Å². The highest BCUT2D eigenvalue weighted by molar-refractivity contribution is 7.93. The van der Waals surface area contributed by atoms with Gasteiger partial charge in [0.05, 0.1) is 22.2 Å². The molecule has 0 aliphatic heterocycles. The topological polar surface area (TPSA) is 155 Å². The third-order valence-electron chi connectivity index (χ3n) is 8.46. The second kappa shape index (κ2) is 12.7. The van der Waals surface area contributed by atoms with Crippen LogP contribution >= 0.6 is 0 Å². The number of ether oxygens (including phenoxy) is 1. The third-order valence-corrected chi connectivity index (χ3v) is 10.3. The van der Waals surface area contributed by atoms with Gasteiger partial charge in [0.15, 0.2) is 0 Å². The van der Waals surface area contributed by atoms with Crippen LogP contribution < -0.4 is 20.1 Å². The number of carboxylic acid groups (broad SMARTS) is 1. The predicted molar refractivity (Wildman–Crippen MR) is 170 cm³/mol. The molecule has 44 heavy (non-hydrogen) atoms. The molecule has 2 saturated carbocycles. The number of carbonyl (C=O) groups is 1. The molecule has 2 aromatic heterocycles. The SMILES string of the molecule is Cc1cc(NS(=O)(=O)C2CCCC2)c2ccccc2c1Oc1ncccc1-c1ccnc(NC2CCC(NC(=O)O)CC2)n1. The quantitative estimate of drug-likeness (QED) is 0.166. The van der Waals surface area contributed by atoms with Crippen LogP contribution in [0.2, 0.25) is 0 Å². The molecule has 0 unspecified atom stereocenters.